The smallest absolute Gasteiger partial charge is 0.0667 e. The van der Waals surface area contributed by atoms with Crippen LogP contribution >= 0.6 is 0 Å². The van der Waals surface area contributed by atoms with Gasteiger partial charge in [0.05, 0.1) is 6.61 Å². The quantitative estimate of drug-likeness (QED) is 0.841. The Bertz CT molecular complexity index is 312. The Balaban J connectivity index is 1.93. The van der Waals surface area contributed by atoms with Crippen LogP contribution in [0.2, 0.25) is 0 Å². The van der Waals surface area contributed by atoms with E-state index in [1.165, 1.54) is 24.1 Å². The lowest BCUT2D eigenvalue weighted by Crippen LogP contribution is -2.29. The molecule has 0 aromatic heterocycles. The van der Waals surface area contributed by atoms with Crippen LogP contribution in [0.15, 0.2) is 24.3 Å². The van der Waals surface area contributed by atoms with Gasteiger partial charge in [-0.25, -0.2) is 0 Å². The summed E-state index contributed by atoms with van der Waals surface area (Å²) in [4.78, 5) is 0. The van der Waals surface area contributed by atoms with Crippen molar-refractivity contribution in [2.75, 3.05) is 18.5 Å². The van der Waals surface area contributed by atoms with Crippen molar-refractivity contribution >= 4 is 5.69 Å². The Morgan fingerprint density at radius 2 is 2.00 bits per heavy atom. The highest BCUT2D eigenvalue weighted by molar-refractivity contribution is 5.46. The molecule has 2 rings (SSSR count). The van der Waals surface area contributed by atoms with Gasteiger partial charge in [-0.2, -0.15) is 0 Å². The van der Waals surface area contributed by atoms with Crippen molar-refractivity contribution in [3.8, 4) is 0 Å². The van der Waals surface area contributed by atoms with Crippen LogP contribution in [0.5, 0.6) is 0 Å². The molecule has 1 aromatic carbocycles. The Morgan fingerprint density at radius 1 is 1.25 bits per heavy atom. The van der Waals surface area contributed by atoms with E-state index in [0.29, 0.717) is 12.0 Å². The minimum Gasteiger partial charge on any atom is -0.380 e. The molecule has 1 saturated heterocycles. The molecule has 1 atom stereocenters. The maximum Gasteiger partial charge on any atom is 0.0667 e. The van der Waals surface area contributed by atoms with Gasteiger partial charge in [-0.3, -0.25) is 0 Å². The van der Waals surface area contributed by atoms with Crippen molar-refractivity contribution in [1.82, 2.24) is 0 Å². The molecule has 0 aliphatic carbocycles. The summed E-state index contributed by atoms with van der Waals surface area (Å²) < 4.78 is 5.45. The van der Waals surface area contributed by atoms with Crippen molar-refractivity contribution in [2.45, 2.75) is 38.6 Å². The van der Waals surface area contributed by atoms with E-state index in [1.54, 1.807) is 0 Å². The zero-order valence-electron chi connectivity index (χ0n) is 10.2. The fourth-order valence-corrected chi connectivity index (χ4v) is 2.05. The maximum atomic E-state index is 5.45. The van der Waals surface area contributed by atoms with Crippen LogP contribution in [0.1, 0.15) is 38.2 Å². The molecular weight excluding hydrogens is 198 g/mol. The molecule has 1 aromatic rings. The minimum atomic E-state index is 0.485. The van der Waals surface area contributed by atoms with E-state index >= 15 is 0 Å². The second-order valence-corrected chi connectivity index (χ2v) is 4.84. The van der Waals surface area contributed by atoms with Crippen LogP contribution in [0, 0.1) is 0 Å². The predicted molar refractivity (Wildman–Crippen MR) is 68.0 cm³/mol. The standard InChI is InChI=1S/C14H21NO/c1-11(2)12-5-7-13(8-6-12)15-14-4-3-9-16-10-14/h5-8,11,14-15H,3-4,9-10H2,1-2H3. The van der Waals surface area contributed by atoms with Gasteiger partial charge in [-0.1, -0.05) is 26.0 Å². The first kappa shape index (κ1) is 11.5. The lowest BCUT2D eigenvalue weighted by atomic mass is 10.0. The maximum absolute atomic E-state index is 5.45. The zero-order valence-corrected chi connectivity index (χ0v) is 10.2. The van der Waals surface area contributed by atoms with Crippen LogP contribution in [-0.4, -0.2) is 19.3 Å². The van der Waals surface area contributed by atoms with E-state index < -0.39 is 0 Å². The summed E-state index contributed by atoms with van der Waals surface area (Å²) in [5, 5.41) is 3.52. The van der Waals surface area contributed by atoms with Crippen molar-refractivity contribution in [3.05, 3.63) is 29.8 Å². The Labute approximate surface area is 98.0 Å². The van der Waals surface area contributed by atoms with Gasteiger partial charge in [-0.15, -0.1) is 0 Å². The third kappa shape index (κ3) is 2.99. The van der Waals surface area contributed by atoms with E-state index in [4.69, 9.17) is 4.74 Å². The van der Waals surface area contributed by atoms with Gasteiger partial charge < -0.3 is 10.1 Å². The molecule has 1 aliphatic heterocycles. The molecule has 0 spiro atoms. The second kappa shape index (κ2) is 5.35. The number of ether oxygens (including phenoxy) is 1. The molecule has 0 amide bonds. The zero-order chi connectivity index (χ0) is 11.4. The largest absolute Gasteiger partial charge is 0.380 e. The molecule has 1 heterocycles. The fourth-order valence-electron chi connectivity index (χ4n) is 2.05. The van der Waals surface area contributed by atoms with Crippen LogP contribution in [-0.2, 0) is 4.74 Å². The molecular formula is C14H21NO. The molecule has 88 valence electrons. The number of hydrogen-bond donors (Lipinski definition) is 1. The van der Waals surface area contributed by atoms with Gasteiger partial charge >= 0.3 is 0 Å². The van der Waals surface area contributed by atoms with Crippen molar-refractivity contribution < 1.29 is 4.74 Å². The van der Waals surface area contributed by atoms with E-state index in [0.717, 1.165) is 13.2 Å². The average Bonchev–Trinajstić information content (AvgIpc) is 2.31. The monoisotopic (exact) mass is 219 g/mol. The third-order valence-corrected chi connectivity index (χ3v) is 3.11. The SMILES string of the molecule is CC(C)c1ccc(NC2CCCOC2)cc1. The summed E-state index contributed by atoms with van der Waals surface area (Å²) in [6.07, 6.45) is 2.38. The first-order valence-electron chi connectivity index (χ1n) is 6.20. The van der Waals surface area contributed by atoms with E-state index in [1.807, 2.05) is 0 Å². The molecule has 2 nitrogen and oxygen atoms in total. The molecule has 1 fully saturated rings. The highest BCUT2D eigenvalue weighted by Gasteiger charge is 2.13. The lowest BCUT2D eigenvalue weighted by molar-refractivity contribution is 0.0876. The predicted octanol–water partition coefficient (Wildman–Crippen LogP) is 3.40. The minimum absolute atomic E-state index is 0.485. The normalized spacial score (nSPS) is 21.1. The second-order valence-electron chi connectivity index (χ2n) is 4.84. The lowest BCUT2D eigenvalue weighted by Gasteiger charge is -2.24. The molecule has 1 aliphatic rings. The summed E-state index contributed by atoms with van der Waals surface area (Å²) >= 11 is 0. The highest BCUT2D eigenvalue weighted by atomic mass is 16.5. The summed E-state index contributed by atoms with van der Waals surface area (Å²) in [6, 6.07) is 9.24. The van der Waals surface area contributed by atoms with Gasteiger partial charge in [0.2, 0.25) is 0 Å². The van der Waals surface area contributed by atoms with Crippen molar-refractivity contribution in [1.29, 1.82) is 0 Å². The molecule has 16 heavy (non-hydrogen) atoms. The summed E-state index contributed by atoms with van der Waals surface area (Å²) in [6.45, 7) is 6.20. The third-order valence-electron chi connectivity index (χ3n) is 3.11. The van der Waals surface area contributed by atoms with E-state index in [9.17, 15) is 0 Å². The first-order chi connectivity index (χ1) is 7.75. The molecule has 0 bridgehead atoms. The van der Waals surface area contributed by atoms with Crippen LogP contribution in [0.25, 0.3) is 0 Å². The molecule has 0 saturated carbocycles. The fraction of sp³-hybridized carbons (Fsp3) is 0.571. The van der Waals surface area contributed by atoms with E-state index in [-0.39, 0.29) is 0 Å². The Morgan fingerprint density at radius 3 is 2.56 bits per heavy atom. The summed E-state index contributed by atoms with van der Waals surface area (Å²) in [5.74, 6) is 0.604. The van der Waals surface area contributed by atoms with Gasteiger partial charge in [-0.05, 0) is 36.5 Å². The summed E-state index contributed by atoms with van der Waals surface area (Å²) in [5.41, 5.74) is 2.60. The molecule has 1 N–H and O–H groups in total. The number of benzene rings is 1. The number of rotatable bonds is 3. The number of hydrogen-bond acceptors (Lipinski definition) is 2. The molecule has 1 unspecified atom stereocenters. The van der Waals surface area contributed by atoms with Gasteiger partial charge in [0.1, 0.15) is 0 Å². The Hall–Kier alpha value is -1.02. The summed E-state index contributed by atoms with van der Waals surface area (Å²) in [7, 11) is 0. The van der Waals surface area contributed by atoms with Gasteiger partial charge in [0.25, 0.3) is 0 Å². The average molecular weight is 219 g/mol. The van der Waals surface area contributed by atoms with Crippen LogP contribution < -0.4 is 5.32 Å². The first-order valence-corrected chi connectivity index (χ1v) is 6.20. The van der Waals surface area contributed by atoms with E-state index in [2.05, 4.69) is 43.4 Å². The van der Waals surface area contributed by atoms with Crippen LogP contribution in [0.3, 0.4) is 0 Å². The van der Waals surface area contributed by atoms with Gasteiger partial charge in [0, 0.05) is 18.3 Å². The van der Waals surface area contributed by atoms with Gasteiger partial charge in [0.15, 0.2) is 0 Å². The Kier molecular flexibility index (Phi) is 3.83. The highest BCUT2D eigenvalue weighted by Crippen LogP contribution is 2.19. The van der Waals surface area contributed by atoms with Crippen molar-refractivity contribution in [3.63, 3.8) is 0 Å². The topological polar surface area (TPSA) is 21.3 Å². The number of nitrogens with one attached hydrogen (secondary N) is 1. The molecule has 2 heteroatoms. The van der Waals surface area contributed by atoms with Crippen LogP contribution in [0.4, 0.5) is 5.69 Å². The number of anilines is 1. The van der Waals surface area contributed by atoms with Crippen molar-refractivity contribution in [2.24, 2.45) is 0 Å². The molecule has 0 radical (unpaired) electrons.